The third-order valence-corrected chi connectivity index (χ3v) is 3.03. The van der Waals surface area contributed by atoms with Crippen molar-refractivity contribution in [3.05, 3.63) is 28.2 Å². The zero-order valence-electron chi connectivity index (χ0n) is 9.98. The molecule has 0 amide bonds. The molecular formula is C12H15BrF3NO. The second kappa shape index (κ2) is 6.99. The molecule has 1 aromatic rings. The maximum atomic E-state index is 11.9. The van der Waals surface area contributed by atoms with Gasteiger partial charge in [0.25, 0.3) is 0 Å². The summed E-state index contributed by atoms with van der Waals surface area (Å²) >= 11 is 3.40. The quantitative estimate of drug-likeness (QED) is 0.801. The number of rotatable bonds is 6. The molecule has 0 aliphatic rings. The molecule has 1 rings (SSSR count). The van der Waals surface area contributed by atoms with Crippen LogP contribution in [0.1, 0.15) is 18.4 Å². The van der Waals surface area contributed by atoms with Gasteiger partial charge in [0.15, 0.2) is 0 Å². The molecule has 0 radical (unpaired) electrons. The van der Waals surface area contributed by atoms with Gasteiger partial charge < -0.3 is 10.1 Å². The molecule has 1 N–H and O–H groups in total. The molecule has 6 heteroatoms. The fourth-order valence-corrected chi connectivity index (χ4v) is 1.82. The molecule has 0 bridgehead atoms. The van der Waals surface area contributed by atoms with Crippen LogP contribution in [0.2, 0.25) is 0 Å². The zero-order valence-corrected chi connectivity index (χ0v) is 11.6. The Balaban J connectivity index is 2.45. The fourth-order valence-electron chi connectivity index (χ4n) is 1.43. The highest BCUT2D eigenvalue weighted by atomic mass is 79.9. The van der Waals surface area contributed by atoms with Crippen molar-refractivity contribution in [1.29, 1.82) is 0 Å². The van der Waals surface area contributed by atoms with Gasteiger partial charge in [-0.15, -0.1) is 0 Å². The van der Waals surface area contributed by atoms with Gasteiger partial charge in [0.1, 0.15) is 5.75 Å². The molecular weight excluding hydrogens is 311 g/mol. The fraction of sp³-hybridized carbons (Fsp3) is 0.500. The van der Waals surface area contributed by atoms with Gasteiger partial charge in [-0.25, -0.2) is 0 Å². The highest BCUT2D eigenvalue weighted by Gasteiger charge is 2.26. The van der Waals surface area contributed by atoms with Gasteiger partial charge in [-0.05, 0) is 37.2 Å². The molecule has 0 heterocycles. The first-order chi connectivity index (χ1) is 8.42. The standard InChI is InChI=1S/C12H15BrF3NO/c1-17-8-9-7-10(3-4-11(9)13)18-6-2-5-12(14,15)16/h3-4,7,17H,2,5-6,8H2,1H3. The summed E-state index contributed by atoms with van der Waals surface area (Å²) in [5.74, 6) is 0.589. The Hall–Kier alpha value is -0.750. The smallest absolute Gasteiger partial charge is 0.389 e. The number of benzene rings is 1. The maximum absolute atomic E-state index is 11.9. The van der Waals surface area contributed by atoms with Crippen molar-refractivity contribution in [3.8, 4) is 5.75 Å². The third-order valence-electron chi connectivity index (χ3n) is 2.26. The van der Waals surface area contributed by atoms with Gasteiger partial charge in [0.05, 0.1) is 6.61 Å². The van der Waals surface area contributed by atoms with Gasteiger partial charge >= 0.3 is 6.18 Å². The average molecular weight is 326 g/mol. The highest BCUT2D eigenvalue weighted by Crippen LogP contribution is 2.24. The number of hydrogen-bond donors (Lipinski definition) is 1. The lowest BCUT2D eigenvalue weighted by atomic mass is 10.2. The van der Waals surface area contributed by atoms with Crippen molar-refractivity contribution < 1.29 is 17.9 Å². The SMILES string of the molecule is CNCc1cc(OCCCC(F)(F)F)ccc1Br. The van der Waals surface area contributed by atoms with Crippen LogP contribution in [0, 0.1) is 0 Å². The lowest BCUT2D eigenvalue weighted by Gasteiger charge is -2.10. The maximum Gasteiger partial charge on any atom is 0.389 e. The lowest BCUT2D eigenvalue weighted by Crippen LogP contribution is -2.10. The van der Waals surface area contributed by atoms with Crippen LogP contribution in [0.5, 0.6) is 5.75 Å². The van der Waals surface area contributed by atoms with Gasteiger partial charge in [0, 0.05) is 17.4 Å². The number of halogens is 4. The van der Waals surface area contributed by atoms with Gasteiger partial charge in [-0.3, -0.25) is 0 Å². The first-order valence-electron chi connectivity index (χ1n) is 5.55. The van der Waals surface area contributed by atoms with Crippen LogP contribution in [0.25, 0.3) is 0 Å². The van der Waals surface area contributed by atoms with Crippen molar-refractivity contribution in [2.24, 2.45) is 0 Å². The number of ether oxygens (including phenoxy) is 1. The number of hydrogen-bond acceptors (Lipinski definition) is 2. The predicted octanol–water partition coefficient (Wildman–Crippen LogP) is 3.89. The predicted molar refractivity (Wildman–Crippen MR) is 67.7 cm³/mol. The molecule has 0 atom stereocenters. The highest BCUT2D eigenvalue weighted by molar-refractivity contribution is 9.10. The van der Waals surface area contributed by atoms with E-state index in [4.69, 9.17) is 4.74 Å². The number of alkyl halides is 3. The molecule has 18 heavy (non-hydrogen) atoms. The summed E-state index contributed by atoms with van der Waals surface area (Å²) in [5.41, 5.74) is 1.01. The molecule has 0 aromatic heterocycles. The topological polar surface area (TPSA) is 21.3 Å². The lowest BCUT2D eigenvalue weighted by molar-refractivity contribution is -0.136. The Labute approximate surface area is 113 Å². The molecule has 2 nitrogen and oxygen atoms in total. The monoisotopic (exact) mass is 325 g/mol. The van der Waals surface area contributed by atoms with Crippen LogP contribution in [0.3, 0.4) is 0 Å². The summed E-state index contributed by atoms with van der Waals surface area (Å²) in [6.45, 7) is 0.737. The van der Waals surface area contributed by atoms with Crippen LogP contribution in [-0.4, -0.2) is 19.8 Å². The largest absolute Gasteiger partial charge is 0.494 e. The van der Waals surface area contributed by atoms with Crippen molar-refractivity contribution >= 4 is 15.9 Å². The molecule has 0 aliphatic heterocycles. The van der Waals surface area contributed by atoms with E-state index >= 15 is 0 Å². The van der Waals surface area contributed by atoms with E-state index in [0.717, 1.165) is 10.0 Å². The van der Waals surface area contributed by atoms with E-state index in [-0.39, 0.29) is 13.0 Å². The van der Waals surface area contributed by atoms with E-state index in [0.29, 0.717) is 12.3 Å². The first kappa shape index (κ1) is 15.3. The van der Waals surface area contributed by atoms with E-state index in [2.05, 4.69) is 21.2 Å². The zero-order chi connectivity index (χ0) is 13.6. The molecule has 0 spiro atoms. The van der Waals surface area contributed by atoms with Crippen molar-refractivity contribution in [2.75, 3.05) is 13.7 Å². The summed E-state index contributed by atoms with van der Waals surface area (Å²) < 4.78 is 42.0. The Bertz CT molecular complexity index is 382. The van der Waals surface area contributed by atoms with Crippen LogP contribution in [0.15, 0.2) is 22.7 Å². The van der Waals surface area contributed by atoms with Crippen LogP contribution in [-0.2, 0) is 6.54 Å². The summed E-state index contributed by atoms with van der Waals surface area (Å²) in [6.07, 6.45) is -4.95. The van der Waals surface area contributed by atoms with E-state index in [1.165, 1.54) is 0 Å². The second-order valence-electron chi connectivity index (χ2n) is 3.85. The summed E-state index contributed by atoms with van der Waals surface area (Å²) in [5, 5.41) is 3.00. The van der Waals surface area contributed by atoms with Crippen molar-refractivity contribution in [1.82, 2.24) is 5.32 Å². The third kappa shape index (κ3) is 5.73. The van der Waals surface area contributed by atoms with E-state index in [1.807, 2.05) is 19.2 Å². The summed E-state index contributed by atoms with van der Waals surface area (Å²) in [6, 6.07) is 5.37. The van der Waals surface area contributed by atoms with Crippen LogP contribution in [0.4, 0.5) is 13.2 Å². The molecule has 0 unspecified atom stereocenters. The molecule has 0 fully saturated rings. The molecule has 1 aromatic carbocycles. The van der Waals surface area contributed by atoms with Crippen LogP contribution < -0.4 is 10.1 Å². The minimum Gasteiger partial charge on any atom is -0.494 e. The Morgan fingerprint density at radius 2 is 2.06 bits per heavy atom. The Morgan fingerprint density at radius 1 is 1.33 bits per heavy atom. The summed E-state index contributed by atoms with van der Waals surface area (Å²) in [4.78, 5) is 0. The first-order valence-corrected chi connectivity index (χ1v) is 6.34. The van der Waals surface area contributed by atoms with Crippen molar-refractivity contribution in [2.45, 2.75) is 25.6 Å². The molecule has 0 aliphatic carbocycles. The normalized spacial score (nSPS) is 11.6. The van der Waals surface area contributed by atoms with Gasteiger partial charge in [-0.2, -0.15) is 13.2 Å². The second-order valence-corrected chi connectivity index (χ2v) is 4.71. The van der Waals surface area contributed by atoms with Gasteiger partial charge in [-0.1, -0.05) is 15.9 Å². The van der Waals surface area contributed by atoms with E-state index < -0.39 is 12.6 Å². The van der Waals surface area contributed by atoms with E-state index in [1.54, 1.807) is 6.07 Å². The van der Waals surface area contributed by atoms with Crippen LogP contribution >= 0.6 is 15.9 Å². The minimum atomic E-state index is -4.11. The average Bonchev–Trinajstić information content (AvgIpc) is 2.28. The molecule has 0 saturated carbocycles. The van der Waals surface area contributed by atoms with Crippen molar-refractivity contribution in [3.63, 3.8) is 0 Å². The number of nitrogens with one attached hydrogen (secondary N) is 1. The summed E-state index contributed by atoms with van der Waals surface area (Å²) in [7, 11) is 1.82. The molecule has 0 saturated heterocycles. The minimum absolute atomic E-state index is 0.0269. The Kier molecular flexibility index (Phi) is 5.95. The molecule has 102 valence electrons. The van der Waals surface area contributed by atoms with E-state index in [9.17, 15) is 13.2 Å². The Morgan fingerprint density at radius 3 is 2.67 bits per heavy atom. The van der Waals surface area contributed by atoms with Gasteiger partial charge in [0.2, 0.25) is 0 Å².